The molecule has 1 heterocycles. The molecule has 572 valence electrons. The van der Waals surface area contributed by atoms with Crippen molar-refractivity contribution in [2.75, 3.05) is 68.6 Å². The lowest BCUT2D eigenvalue weighted by molar-refractivity contribution is -0.163. The van der Waals surface area contributed by atoms with Gasteiger partial charge in [-0.05, 0) is 86.9 Å². The first-order chi connectivity index (χ1) is 46.6. The predicted octanol–water partition coefficient (Wildman–Crippen LogP) is 2.65. The van der Waals surface area contributed by atoms with Gasteiger partial charge in [0.05, 0.1) is 0 Å². The number of carbonyl (C=O) groups is 14. The third-order valence-corrected chi connectivity index (χ3v) is 18.6. The fourth-order valence-electron chi connectivity index (χ4n) is 12.2. The van der Waals surface area contributed by atoms with Crippen LogP contribution in [0, 0.1) is 47.3 Å². The van der Waals surface area contributed by atoms with Crippen molar-refractivity contribution in [3.8, 4) is 0 Å². The van der Waals surface area contributed by atoms with Crippen molar-refractivity contribution in [3.05, 3.63) is 0 Å². The summed E-state index contributed by atoms with van der Waals surface area (Å²) in [6.45, 7) is 30.5. The second-order valence-corrected chi connectivity index (χ2v) is 29.2. The zero-order valence-corrected chi connectivity index (χ0v) is 64.6. The number of likely N-dealkylation sites (N-methyl/N-ethyl adjacent to an activating group) is 5. The van der Waals surface area contributed by atoms with E-state index in [1.165, 1.54) is 75.8 Å². The minimum atomic E-state index is -1.73. The maximum absolute atomic E-state index is 14.8. The minimum Gasteiger partial charge on any atom is -0.458 e. The quantitative estimate of drug-likeness (QED) is 0.0722. The SMILES string of the molecule is CCC[C@H](C)[C@H]1NC(=O)CCNC(=O)[C@H]([C@@H](C)CC)N(C)C(=O)[C@@H](CC(C)C)NC(=O)CCNC(=O)[C@@H](NC(=O)[C@@H](CC(C)C)N(C)C(=O)[C@@H](NC(=O)COC)C(C)C)[C@@H](C)OC(=O)[C@@H]([C@@H](C)CC)N(C)C(=O)[C@@H](CC(C)C)NC(=O)CCNC(=O)[C@H](C)N(C)C(=O)[C@H](C(C)C)N(C)C1=O. The van der Waals surface area contributed by atoms with Crippen LogP contribution in [0.2, 0.25) is 0 Å². The van der Waals surface area contributed by atoms with Gasteiger partial charge in [-0.25, -0.2) is 4.79 Å². The smallest absolute Gasteiger partial charge is 0.329 e. The first-order valence-electron chi connectivity index (χ1n) is 35.9. The van der Waals surface area contributed by atoms with Gasteiger partial charge in [-0.3, -0.25) is 62.3 Å². The largest absolute Gasteiger partial charge is 0.458 e. The molecule has 8 N–H and O–H groups in total. The van der Waals surface area contributed by atoms with E-state index in [1.54, 1.807) is 48.5 Å². The summed E-state index contributed by atoms with van der Waals surface area (Å²) in [6, 6.07) is -12.2. The summed E-state index contributed by atoms with van der Waals surface area (Å²) in [5.74, 6) is -12.4. The lowest BCUT2D eigenvalue weighted by Crippen LogP contribution is -2.61. The van der Waals surface area contributed by atoms with Gasteiger partial charge in [-0.2, -0.15) is 0 Å². The summed E-state index contributed by atoms with van der Waals surface area (Å²) in [5, 5.41) is 21.9. The molecule has 1 rings (SSSR count). The monoisotopic (exact) mass is 1420 g/mol. The van der Waals surface area contributed by atoms with Gasteiger partial charge in [-0.1, -0.05) is 130 Å². The van der Waals surface area contributed by atoms with Crippen molar-refractivity contribution < 1.29 is 76.6 Å². The highest BCUT2D eigenvalue weighted by Crippen LogP contribution is 2.24. The number of rotatable bonds is 22. The second kappa shape index (κ2) is 44.0. The number of hydrogen-bond acceptors (Lipinski definition) is 16. The predicted molar refractivity (Wildman–Crippen MR) is 379 cm³/mol. The zero-order chi connectivity index (χ0) is 76.9. The molecule has 0 saturated carbocycles. The number of carbonyl (C=O) groups excluding carboxylic acids is 14. The first kappa shape index (κ1) is 90.6. The van der Waals surface area contributed by atoms with Gasteiger partial charge in [0.1, 0.15) is 73.1 Å². The highest BCUT2D eigenvalue weighted by molar-refractivity contribution is 5.98. The van der Waals surface area contributed by atoms with Crippen molar-refractivity contribution in [3.63, 3.8) is 0 Å². The van der Waals surface area contributed by atoms with E-state index in [2.05, 4.69) is 42.5 Å². The van der Waals surface area contributed by atoms with E-state index in [1.807, 2.05) is 62.3 Å². The number of amides is 13. The number of hydrogen-bond donors (Lipinski definition) is 8. The van der Waals surface area contributed by atoms with Crippen molar-refractivity contribution >= 4 is 82.8 Å². The number of nitrogens with zero attached hydrogens (tertiary/aromatic N) is 5. The molecule has 1 aliphatic rings. The molecule has 13 amide bonds. The number of cyclic esters (lactones) is 1. The fourth-order valence-corrected chi connectivity index (χ4v) is 12.2. The Hall–Kier alpha value is -7.46. The van der Waals surface area contributed by atoms with Crippen LogP contribution in [0.4, 0.5) is 0 Å². The van der Waals surface area contributed by atoms with E-state index in [9.17, 15) is 67.1 Å². The van der Waals surface area contributed by atoms with Gasteiger partial charge in [0.15, 0.2) is 0 Å². The third-order valence-electron chi connectivity index (χ3n) is 18.6. The average Bonchev–Trinajstić information content (AvgIpc) is 0.838. The Balaban J connectivity index is 4.19. The second-order valence-electron chi connectivity index (χ2n) is 29.2. The molecule has 0 aromatic carbocycles. The van der Waals surface area contributed by atoms with Gasteiger partial charge < -0.3 is 76.5 Å². The van der Waals surface area contributed by atoms with Gasteiger partial charge >= 0.3 is 5.97 Å². The molecule has 0 aromatic heterocycles. The van der Waals surface area contributed by atoms with Crippen LogP contribution in [0.5, 0.6) is 0 Å². The Morgan fingerprint density at radius 3 is 1.46 bits per heavy atom. The highest BCUT2D eigenvalue weighted by Gasteiger charge is 2.44. The van der Waals surface area contributed by atoms with Crippen LogP contribution in [0.1, 0.15) is 189 Å². The molecular formula is C71H127N13O16. The molecule has 0 bridgehead atoms. The Kier molecular flexibility index (Phi) is 39.9. The van der Waals surface area contributed by atoms with Gasteiger partial charge in [0.25, 0.3) is 0 Å². The van der Waals surface area contributed by atoms with E-state index in [0.29, 0.717) is 25.7 Å². The van der Waals surface area contributed by atoms with Crippen LogP contribution in [-0.4, -0.2) is 242 Å². The standard InChI is InChI=1S/C71H127N13O16/c1-25-28-46(16)57-69(96)82(21)59(43(12)13)70(97)80(19)47(17)62(89)72-32-29-52(85)76-50(36-40(6)7)67(94)84(23)61(45(15)27-3)71(98)100-48(18)58(79-63(90)51(37-41(8)9)81(20)68(95)56(42(10)11)78-55(88)38-99-24)64(91)73-33-30-53(86)75-49(35-39(4)5)66(93)83(22)60(44(14)26-2)65(92)74-34-31-54(87)77-57/h39-51,56-61H,25-38H2,1-24H3,(H,72,89)(H,73,91)(H,74,92)(H,75,86)(H,76,85)(H,77,87)(H,78,88)(H,79,90)/t44-,45-,46-,47-,48+,49+,50+,51+,56-,57+,58-,59-,60-,61+/m0/s1. The Labute approximate surface area is 595 Å². The summed E-state index contributed by atoms with van der Waals surface area (Å²) in [5.41, 5.74) is 0. The maximum Gasteiger partial charge on any atom is 0.329 e. The van der Waals surface area contributed by atoms with E-state index in [0.717, 1.165) is 4.90 Å². The molecule has 1 fully saturated rings. The van der Waals surface area contributed by atoms with Gasteiger partial charge in [0, 0.05) is 81.2 Å². The van der Waals surface area contributed by atoms with Crippen molar-refractivity contribution in [1.82, 2.24) is 67.0 Å². The molecule has 0 aliphatic carbocycles. The zero-order valence-electron chi connectivity index (χ0n) is 64.6. The Morgan fingerprint density at radius 2 is 1.02 bits per heavy atom. The minimum absolute atomic E-state index is 0.0609. The van der Waals surface area contributed by atoms with E-state index >= 15 is 0 Å². The average molecular weight is 1420 g/mol. The van der Waals surface area contributed by atoms with E-state index < -0.39 is 185 Å². The lowest BCUT2D eigenvalue weighted by Gasteiger charge is -2.37. The van der Waals surface area contributed by atoms with Crippen LogP contribution in [-0.2, 0) is 76.6 Å². The third kappa shape index (κ3) is 28.2. The van der Waals surface area contributed by atoms with Crippen LogP contribution >= 0.6 is 0 Å². The molecule has 0 spiro atoms. The molecule has 1 saturated heterocycles. The number of methoxy groups -OCH3 is 1. The van der Waals surface area contributed by atoms with Crippen molar-refractivity contribution in [1.29, 1.82) is 0 Å². The van der Waals surface area contributed by atoms with Crippen LogP contribution in [0.3, 0.4) is 0 Å². The number of nitrogens with one attached hydrogen (secondary N) is 8. The number of esters is 1. The number of ether oxygens (including phenoxy) is 2. The van der Waals surface area contributed by atoms with Crippen LogP contribution in [0.25, 0.3) is 0 Å². The van der Waals surface area contributed by atoms with Crippen LogP contribution in [0.15, 0.2) is 0 Å². The summed E-state index contributed by atoms with van der Waals surface area (Å²) in [4.78, 5) is 206. The molecule has 29 heteroatoms. The summed E-state index contributed by atoms with van der Waals surface area (Å²) in [7, 11) is 8.42. The topological polar surface area (TPSA) is 370 Å². The highest BCUT2D eigenvalue weighted by atomic mass is 16.5. The van der Waals surface area contributed by atoms with Gasteiger partial charge in [0.2, 0.25) is 76.8 Å². The molecule has 0 aromatic rings. The molecule has 1 aliphatic heterocycles. The summed E-state index contributed by atoms with van der Waals surface area (Å²) >= 11 is 0. The summed E-state index contributed by atoms with van der Waals surface area (Å²) in [6.07, 6.45) is -0.254. The maximum atomic E-state index is 14.8. The molecular weight excluding hydrogens is 1290 g/mol. The van der Waals surface area contributed by atoms with E-state index in [4.69, 9.17) is 9.47 Å². The van der Waals surface area contributed by atoms with Crippen LogP contribution < -0.4 is 42.5 Å². The molecule has 29 nitrogen and oxygen atoms in total. The fraction of sp³-hybridized carbons (Fsp3) is 0.803. The molecule has 0 unspecified atom stereocenters. The van der Waals surface area contributed by atoms with Crippen molar-refractivity contribution in [2.24, 2.45) is 47.3 Å². The molecule has 0 radical (unpaired) electrons. The molecule has 100 heavy (non-hydrogen) atoms. The van der Waals surface area contributed by atoms with Crippen molar-refractivity contribution in [2.45, 2.75) is 255 Å². The lowest BCUT2D eigenvalue weighted by atomic mass is 9.93. The Bertz CT molecular complexity index is 2750. The first-order valence-corrected chi connectivity index (χ1v) is 35.9. The van der Waals surface area contributed by atoms with Gasteiger partial charge in [-0.15, -0.1) is 0 Å². The Morgan fingerprint density at radius 1 is 0.570 bits per heavy atom. The normalized spacial score (nSPS) is 24.7. The summed E-state index contributed by atoms with van der Waals surface area (Å²) < 4.78 is 11.1. The van der Waals surface area contributed by atoms with E-state index in [-0.39, 0.29) is 76.1 Å². The molecule has 14 atom stereocenters.